The molecule has 3 heterocycles. The Balaban J connectivity index is 1.52. The van der Waals surface area contributed by atoms with Gasteiger partial charge in [0.25, 0.3) is 5.56 Å². The van der Waals surface area contributed by atoms with Gasteiger partial charge in [-0.15, -0.1) is 0 Å². The predicted octanol–water partition coefficient (Wildman–Crippen LogP) is -0.368. The molecule has 0 bridgehead atoms. The molecule has 1 aliphatic heterocycles. The summed E-state index contributed by atoms with van der Waals surface area (Å²) in [6, 6.07) is 7.78. The van der Waals surface area contributed by atoms with E-state index in [1.807, 2.05) is 24.3 Å². The van der Waals surface area contributed by atoms with Crippen molar-refractivity contribution in [3.63, 3.8) is 0 Å². The third-order valence-electron chi connectivity index (χ3n) is 6.01. The van der Waals surface area contributed by atoms with Crippen LogP contribution in [0.25, 0.3) is 11.2 Å². The van der Waals surface area contributed by atoms with Crippen LogP contribution in [0.1, 0.15) is 11.6 Å². The monoisotopic (exact) mass is 456 g/mol. The van der Waals surface area contributed by atoms with Crippen molar-refractivity contribution in [3.8, 4) is 5.75 Å². The lowest BCUT2D eigenvalue weighted by molar-refractivity contribution is -0.122. The first-order chi connectivity index (χ1) is 15.9. The van der Waals surface area contributed by atoms with Crippen LogP contribution in [-0.2, 0) is 30.2 Å². The number of methoxy groups -OCH3 is 1. The van der Waals surface area contributed by atoms with Crippen molar-refractivity contribution in [1.29, 1.82) is 0 Å². The van der Waals surface area contributed by atoms with E-state index in [1.54, 1.807) is 14.2 Å². The number of aryl methyl sites for hydroxylation is 1. The number of fused-ring (bicyclic) bond motifs is 1. The average molecular weight is 457 g/mol. The zero-order valence-electron chi connectivity index (χ0n) is 19.0. The molecule has 11 nitrogen and oxygen atoms in total. The van der Waals surface area contributed by atoms with E-state index in [0.29, 0.717) is 19.8 Å². The van der Waals surface area contributed by atoms with Crippen LogP contribution in [0.2, 0.25) is 0 Å². The van der Waals surface area contributed by atoms with Crippen LogP contribution in [-0.4, -0.2) is 69.5 Å². The number of nitrogens with one attached hydrogen (secondary N) is 1. The average Bonchev–Trinajstić information content (AvgIpc) is 3.26. The summed E-state index contributed by atoms with van der Waals surface area (Å²) >= 11 is 0. The minimum absolute atomic E-state index is 0.0306. The predicted molar refractivity (Wildman–Crippen MR) is 121 cm³/mol. The molecule has 1 aliphatic rings. The molecule has 0 unspecified atom stereocenters. The fraction of sp³-hybridized carbons (Fsp3) is 0.455. The standard InChI is InChI=1S/C22H28N6O5/c1-25-20-19(21(30)26(2)22(25)31)28(14-24-20)13-18(29)23-12-17(27-8-10-33-11-9-27)15-4-6-16(32-3)7-5-15/h4-7,14,17H,8-13H2,1-3H3,(H,23,29)/t17-/m0/s1. The SMILES string of the molecule is COc1ccc([C@H](CNC(=O)Cn2cnc3c2c(=O)n(C)c(=O)n3C)N2CCOCC2)cc1. The van der Waals surface area contributed by atoms with E-state index >= 15 is 0 Å². The Bertz CT molecular complexity index is 1250. The van der Waals surface area contributed by atoms with Crippen molar-refractivity contribution in [1.82, 2.24) is 28.9 Å². The second-order valence-electron chi connectivity index (χ2n) is 7.99. The molecule has 0 spiro atoms. The number of hydrogen-bond donors (Lipinski definition) is 1. The van der Waals surface area contributed by atoms with E-state index in [-0.39, 0.29) is 29.7 Å². The maximum absolute atomic E-state index is 12.8. The molecular formula is C22H28N6O5. The summed E-state index contributed by atoms with van der Waals surface area (Å²) in [7, 11) is 4.58. The lowest BCUT2D eigenvalue weighted by atomic mass is 10.0. The molecule has 1 saturated heterocycles. The number of nitrogens with zero attached hydrogens (tertiary/aromatic N) is 5. The number of amides is 1. The normalized spacial score (nSPS) is 15.5. The Morgan fingerprint density at radius 3 is 2.52 bits per heavy atom. The smallest absolute Gasteiger partial charge is 0.332 e. The molecule has 0 aliphatic carbocycles. The van der Waals surface area contributed by atoms with E-state index in [2.05, 4.69) is 15.2 Å². The summed E-state index contributed by atoms with van der Waals surface area (Å²) in [5, 5.41) is 2.99. The highest BCUT2D eigenvalue weighted by Crippen LogP contribution is 2.23. The number of aromatic nitrogens is 4. The second kappa shape index (κ2) is 9.59. The number of benzene rings is 1. The fourth-order valence-corrected chi connectivity index (χ4v) is 4.11. The molecule has 1 fully saturated rings. The largest absolute Gasteiger partial charge is 0.497 e. The van der Waals surface area contributed by atoms with Gasteiger partial charge in [-0.1, -0.05) is 12.1 Å². The van der Waals surface area contributed by atoms with Crippen LogP contribution in [0.3, 0.4) is 0 Å². The second-order valence-corrected chi connectivity index (χ2v) is 7.99. The number of carbonyl (C=O) groups is 1. The summed E-state index contributed by atoms with van der Waals surface area (Å²) in [5.74, 6) is 0.517. The van der Waals surface area contributed by atoms with E-state index in [0.717, 1.165) is 29.0 Å². The Kier molecular flexibility index (Phi) is 6.61. The molecule has 2 aromatic heterocycles. The summed E-state index contributed by atoms with van der Waals surface area (Å²) in [6.07, 6.45) is 1.41. The van der Waals surface area contributed by atoms with Gasteiger partial charge in [0.2, 0.25) is 5.91 Å². The molecule has 33 heavy (non-hydrogen) atoms. The summed E-state index contributed by atoms with van der Waals surface area (Å²) in [5.41, 5.74) is 0.586. The highest BCUT2D eigenvalue weighted by molar-refractivity contribution is 5.78. The molecule has 1 aromatic carbocycles. The van der Waals surface area contributed by atoms with Gasteiger partial charge in [0, 0.05) is 33.7 Å². The third-order valence-corrected chi connectivity index (χ3v) is 6.01. The van der Waals surface area contributed by atoms with Crippen molar-refractivity contribution >= 4 is 17.1 Å². The number of morpholine rings is 1. The molecule has 1 N–H and O–H groups in total. The van der Waals surface area contributed by atoms with Crippen LogP contribution in [0.15, 0.2) is 40.2 Å². The van der Waals surface area contributed by atoms with Gasteiger partial charge in [-0.2, -0.15) is 0 Å². The molecule has 0 radical (unpaired) electrons. The first-order valence-electron chi connectivity index (χ1n) is 10.7. The van der Waals surface area contributed by atoms with Crippen LogP contribution < -0.4 is 21.3 Å². The minimum atomic E-state index is -0.483. The Morgan fingerprint density at radius 1 is 1.15 bits per heavy atom. The summed E-state index contributed by atoms with van der Waals surface area (Å²) < 4.78 is 14.5. The van der Waals surface area contributed by atoms with Gasteiger partial charge in [-0.3, -0.25) is 23.6 Å². The van der Waals surface area contributed by atoms with E-state index in [9.17, 15) is 14.4 Å². The minimum Gasteiger partial charge on any atom is -0.497 e. The van der Waals surface area contributed by atoms with Gasteiger partial charge in [0.1, 0.15) is 12.3 Å². The molecule has 1 amide bonds. The van der Waals surface area contributed by atoms with E-state index in [1.165, 1.54) is 22.5 Å². The number of rotatable bonds is 7. The zero-order chi connectivity index (χ0) is 23.5. The van der Waals surface area contributed by atoms with Crippen molar-refractivity contribution in [2.24, 2.45) is 14.1 Å². The first kappa shape index (κ1) is 22.7. The van der Waals surface area contributed by atoms with Crippen molar-refractivity contribution in [2.75, 3.05) is 40.0 Å². The Morgan fingerprint density at radius 2 is 1.85 bits per heavy atom. The van der Waals surface area contributed by atoms with E-state index in [4.69, 9.17) is 9.47 Å². The number of ether oxygens (including phenoxy) is 2. The molecule has 1 atom stereocenters. The summed E-state index contributed by atoms with van der Waals surface area (Å²) in [4.78, 5) is 44.0. The molecule has 3 aromatic rings. The fourth-order valence-electron chi connectivity index (χ4n) is 4.11. The molecule has 0 saturated carbocycles. The quantitative estimate of drug-likeness (QED) is 0.516. The van der Waals surface area contributed by atoms with Crippen molar-refractivity contribution in [2.45, 2.75) is 12.6 Å². The lowest BCUT2D eigenvalue weighted by Gasteiger charge is -2.35. The van der Waals surface area contributed by atoms with E-state index < -0.39 is 11.2 Å². The number of hydrogen-bond acceptors (Lipinski definition) is 7. The third kappa shape index (κ3) is 4.55. The van der Waals surface area contributed by atoms with Crippen LogP contribution in [0.4, 0.5) is 0 Å². The number of imidazole rings is 1. The van der Waals surface area contributed by atoms with Crippen LogP contribution >= 0.6 is 0 Å². The molecule has 11 heteroatoms. The van der Waals surface area contributed by atoms with Gasteiger partial charge in [0.15, 0.2) is 11.2 Å². The van der Waals surface area contributed by atoms with Crippen LogP contribution in [0, 0.1) is 0 Å². The Hall–Kier alpha value is -3.44. The van der Waals surface area contributed by atoms with Gasteiger partial charge in [-0.05, 0) is 17.7 Å². The lowest BCUT2D eigenvalue weighted by Crippen LogP contribution is -2.44. The highest BCUT2D eigenvalue weighted by Gasteiger charge is 2.24. The maximum Gasteiger partial charge on any atom is 0.332 e. The van der Waals surface area contributed by atoms with Crippen LogP contribution in [0.5, 0.6) is 5.75 Å². The molecule has 176 valence electrons. The Labute approximate surface area is 190 Å². The topological polar surface area (TPSA) is 113 Å². The number of carbonyl (C=O) groups excluding carboxylic acids is 1. The molecular weight excluding hydrogens is 428 g/mol. The zero-order valence-corrected chi connectivity index (χ0v) is 19.0. The molecule has 4 rings (SSSR count). The maximum atomic E-state index is 12.8. The van der Waals surface area contributed by atoms with Gasteiger partial charge >= 0.3 is 5.69 Å². The van der Waals surface area contributed by atoms with Crippen molar-refractivity contribution in [3.05, 3.63) is 57.0 Å². The first-order valence-corrected chi connectivity index (χ1v) is 10.7. The van der Waals surface area contributed by atoms with Gasteiger partial charge < -0.3 is 19.4 Å². The van der Waals surface area contributed by atoms with Gasteiger partial charge in [0.05, 0.1) is 32.7 Å². The van der Waals surface area contributed by atoms with Crippen molar-refractivity contribution < 1.29 is 14.3 Å². The van der Waals surface area contributed by atoms with Gasteiger partial charge in [-0.25, -0.2) is 9.78 Å². The highest BCUT2D eigenvalue weighted by atomic mass is 16.5. The summed E-state index contributed by atoms with van der Waals surface area (Å²) in [6.45, 7) is 3.13.